The van der Waals surface area contributed by atoms with Crippen LogP contribution in [0.15, 0.2) is 22.1 Å². The molecule has 1 heterocycles. The van der Waals surface area contributed by atoms with E-state index in [0.29, 0.717) is 0 Å². The van der Waals surface area contributed by atoms with E-state index in [2.05, 4.69) is 19.5 Å². The van der Waals surface area contributed by atoms with Crippen LogP contribution in [0.4, 0.5) is 0 Å². The van der Waals surface area contributed by atoms with Gasteiger partial charge in [-0.15, -0.1) is 11.3 Å². The van der Waals surface area contributed by atoms with Gasteiger partial charge in [-0.25, -0.2) is 0 Å². The minimum atomic E-state index is -0.382. The molecule has 7 heteroatoms. The predicted octanol–water partition coefficient (Wildman–Crippen LogP) is 0.932. The van der Waals surface area contributed by atoms with Crippen LogP contribution in [-0.2, 0) is 19.1 Å². The molecule has 0 aliphatic rings. The molecule has 0 radical (unpaired) electrons. The fourth-order valence-electron chi connectivity index (χ4n) is 1.06. The maximum Gasteiger partial charge on any atom is 0.327 e. The van der Waals surface area contributed by atoms with E-state index in [1.807, 2.05) is 12.1 Å². The quantitative estimate of drug-likeness (QED) is 0.574. The van der Waals surface area contributed by atoms with Crippen LogP contribution in [0.1, 0.15) is 9.75 Å². The Labute approximate surface area is 114 Å². The number of esters is 2. The number of nitrogens with zero attached hydrogens (tertiary/aromatic N) is 2. The summed E-state index contributed by atoms with van der Waals surface area (Å²) in [6, 6.07) is 3.70. The predicted molar refractivity (Wildman–Crippen MR) is 73.3 cm³/mol. The number of carbonyl (C=O) groups is 2. The Morgan fingerprint density at radius 2 is 1.47 bits per heavy atom. The zero-order valence-electron chi connectivity index (χ0n) is 10.7. The molecule has 1 rings (SSSR count). The van der Waals surface area contributed by atoms with Crippen molar-refractivity contribution in [1.29, 1.82) is 0 Å². The second kappa shape index (κ2) is 8.15. The average Bonchev–Trinajstić information content (AvgIpc) is 2.86. The standard InChI is InChI=1S/C12H14N2O4S/c1-17-11(15)7-13-5-9-3-4-10(19-9)6-14-8-12(16)18-2/h3-6H,7-8H2,1-2H3. The molecule has 0 unspecified atom stereocenters. The summed E-state index contributed by atoms with van der Waals surface area (Å²) in [4.78, 5) is 31.4. The highest BCUT2D eigenvalue weighted by molar-refractivity contribution is 7.15. The molecule has 6 nitrogen and oxygen atoms in total. The molecule has 0 fully saturated rings. The van der Waals surface area contributed by atoms with Gasteiger partial charge in [0.15, 0.2) is 0 Å². The molecule has 0 aliphatic carbocycles. The lowest BCUT2D eigenvalue weighted by Crippen LogP contribution is -2.04. The molecule has 0 aliphatic heterocycles. The average molecular weight is 282 g/mol. The zero-order chi connectivity index (χ0) is 14.1. The highest BCUT2D eigenvalue weighted by atomic mass is 32.1. The number of rotatable bonds is 6. The lowest BCUT2D eigenvalue weighted by atomic mass is 10.4. The number of carbonyl (C=O) groups excluding carboxylic acids is 2. The van der Waals surface area contributed by atoms with Crippen LogP contribution in [0, 0.1) is 0 Å². The molecule has 19 heavy (non-hydrogen) atoms. The fourth-order valence-corrected chi connectivity index (χ4v) is 1.86. The molecule has 1 aromatic heterocycles. The van der Waals surface area contributed by atoms with Crippen molar-refractivity contribution in [2.24, 2.45) is 9.98 Å². The lowest BCUT2D eigenvalue weighted by molar-refractivity contribution is -0.139. The summed E-state index contributed by atoms with van der Waals surface area (Å²) in [6.45, 7) is 0.000324. The van der Waals surface area contributed by atoms with Gasteiger partial charge in [0, 0.05) is 22.2 Å². The van der Waals surface area contributed by atoms with Gasteiger partial charge in [-0.3, -0.25) is 19.6 Å². The van der Waals surface area contributed by atoms with Crippen molar-refractivity contribution in [3.8, 4) is 0 Å². The van der Waals surface area contributed by atoms with Gasteiger partial charge >= 0.3 is 11.9 Å². The Morgan fingerprint density at radius 3 is 1.84 bits per heavy atom. The maximum atomic E-state index is 10.8. The minimum absolute atomic E-state index is 0.000162. The van der Waals surface area contributed by atoms with Crippen molar-refractivity contribution in [2.75, 3.05) is 27.3 Å². The third-order valence-electron chi connectivity index (χ3n) is 1.98. The largest absolute Gasteiger partial charge is 0.468 e. The molecular formula is C12H14N2O4S. The molecule has 0 atom stereocenters. The van der Waals surface area contributed by atoms with Gasteiger partial charge in [-0.05, 0) is 12.1 Å². The Balaban J connectivity index is 2.48. The summed E-state index contributed by atoms with van der Waals surface area (Å²) in [5.74, 6) is -0.764. The van der Waals surface area contributed by atoms with Crippen LogP contribution in [0.25, 0.3) is 0 Å². The molecular weight excluding hydrogens is 268 g/mol. The smallest absolute Gasteiger partial charge is 0.327 e. The third-order valence-corrected chi connectivity index (χ3v) is 2.94. The van der Waals surface area contributed by atoms with Crippen molar-refractivity contribution in [3.05, 3.63) is 21.9 Å². The normalized spacial score (nSPS) is 11.1. The van der Waals surface area contributed by atoms with Gasteiger partial charge in [0.25, 0.3) is 0 Å². The summed E-state index contributed by atoms with van der Waals surface area (Å²) in [6.07, 6.45) is 3.19. The van der Waals surface area contributed by atoms with E-state index < -0.39 is 0 Å². The van der Waals surface area contributed by atoms with Crippen molar-refractivity contribution in [3.63, 3.8) is 0 Å². The Hall–Kier alpha value is -2.02. The monoisotopic (exact) mass is 282 g/mol. The molecule has 102 valence electrons. The number of ether oxygens (including phenoxy) is 2. The molecule has 0 bridgehead atoms. The minimum Gasteiger partial charge on any atom is -0.468 e. The van der Waals surface area contributed by atoms with Gasteiger partial charge in [-0.1, -0.05) is 0 Å². The van der Waals surface area contributed by atoms with Crippen molar-refractivity contribution in [2.45, 2.75) is 0 Å². The summed E-state index contributed by atoms with van der Waals surface area (Å²) >= 11 is 1.45. The fraction of sp³-hybridized carbons (Fsp3) is 0.333. The van der Waals surface area contributed by atoms with E-state index in [0.717, 1.165) is 9.75 Å². The van der Waals surface area contributed by atoms with Crippen LogP contribution in [-0.4, -0.2) is 51.7 Å². The summed E-state index contributed by atoms with van der Waals surface area (Å²) in [5, 5.41) is 0. The number of hydrogen-bond acceptors (Lipinski definition) is 7. The van der Waals surface area contributed by atoms with Crippen molar-refractivity contribution >= 4 is 35.7 Å². The first-order chi connectivity index (χ1) is 9.15. The van der Waals surface area contributed by atoms with Crippen LogP contribution in [0.3, 0.4) is 0 Å². The van der Waals surface area contributed by atoms with E-state index >= 15 is 0 Å². The molecule has 0 saturated heterocycles. The van der Waals surface area contributed by atoms with Gasteiger partial charge in [0.2, 0.25) is 0 Å². The second-order valence-corrected chi connectivity index (χ2v) is 4.48. The molecule has 1 aromatic rings. The molecule has 0 N–H and O–H groups in total. The van der Waals surface area contributed by atoms with E-state index in [9.17, 15) is 9.59 Å². The van der Waals surface area contributed by atoms with E-state index in [1.165, 1.54) is 25.6 Å². The van der Waals surface area contributed by atoms with Crippen LogP contribution < -0.4 is 0 Å². The molecule has 0 aromatic carbocycles. The van der Waals surface area contributed by atoms with Crippen LogP contribution >= 0.6 is 11.3 Å². The lowest BCUT2D eigenvalue weighted by Gasteiger charge is -1.91. The summed E-state index contributed by atoms with van der Waals surface area (Å²) in [5.41, 5.74) is 0. The van der Waals surface area contributed by atoms with Gasteiger partial charge in [0.05, 0.1) is 14.2 Å². The Kier molecular flexibility index (Phi) is 6.45. The number of aliphatic imine (C=N–C) groups is 2. The Bertz CT molecular complexity index is 451. The van der Waals surface area contributed by atoms with E-state index in [4.69, 9.17) is 0 Å². The number of hydrogen-bond donors (Lipinski definition) is 0. The van der Waals surface area contributed by atoms with E-state index in [1.54, 1.807) is 12.4 Å². The number of methoxy groups -OCH3 is 2. The highest BCUT2D eigenvalue weighted by Gasteiger charge is 1.99. The summed E-state index contributed by atoms with van der Waals surface area (Å²) < 4.78 is 8.93. The molecule has 0 amide bonds. The first kappa shape index (κ1) is 15.0. The van der Waals surface area contributed by atoms with Crippen molar-refractivity contribution < 1.29 is 19.1 Å². The van der Waals surface area contributed by atoms with Crippen molar-refractivity contribution in [1.82, 2.24) is 0 Å². The zero-order valence-corrected chi connectivity index (χ0v) is 11.5. The van der Waals surface area contributed by atoms with Crippen LogP contribution in [0.5, 0.6) is 0 Å². The first-order valence-corrected chi connectivity index (χ1v) is 6.20. The van der Waals surface area contributed by atoms with E-state index in [-0.39, 0.29) is 25.0 Å². The summed E-state index contributed by atoms with van der Waals surface area (Å²) in [7, 11) is 2.64. The van der Waals surface area contributed by atoms with Crippen LogP contribution in [0.2, 0.25) is 0 Å². The molecule has 0 spiro atoms. The Morgan fingerprint density at radius 1 is 1.05 bits per heavy atom. The number of thiophene rings is 1. The van der Waals surface area contributed by atoms with Gasteiger partial charge < -0.3 is 9.47 Å². The van der Waals surface area contributed by atoms with Gasteiger partial charge in [-0.2, -0.15) is 0 Å². The third kappa shape index (κ3) is 5.91. The SMILES string of the molecule is COC(=O)CN=Cc1ccc(C=NCC(=O)OC)s1. The second-order valence-electron chi connectivity index (χ2n) is 3.33. The highest BCUT2D eigenvalue weighted by Crippen LogP contribution is 2.12. The molecule has 0 saturated carbocycles. The maximum absolute atomic E-state index is 10.8. The first-order valence-electron chi connectivity index (χ1n) is 5.39. The van der Waals surface area contributed by atoms with Gasteiger partial charge in [0.1, 0.15) is 13.1 Å². The topological polar surface area (TPSA) is 77.3 Å².